The van der Waals surface area contributed by atoms with Crippen molar-refractivity contribution < 1.29 is 4.79 Å². The van der Waals surface area contributed by atoms with Crippen molar-refractivity contribution in [2.75, 3.05) is 38.5 Å². The van der Waals surface area contributed by atoms with Gasteiger partial charge in [-0.2, -0.15) is 0 Å². The highest BCUT2D eigenvalue weighted by molar-refractivity contribution is 7.99. The number of hydrogen-bond donors (Lipinski definition) is 1. The quantitative estimate of drug-likeness (QED) is 0.803. The summed E-state index contributed by atoms with van der Waals surface area (Å²) < 4.78 is 0. The van der Waals surface area contributed by atoms with E-state index >= 15 is 0 Å². The molecule has 0 spiro atoms. The molecule has 2 heterocycles. The molecular formula is C18H25N5OS. The minimum Gasteiger partial charge on any atom is -0.339 e. The molecule has 1 aliphatic rings. The molecule has 0 bridgehead atoms. The summed E-state index contributed by atoms with van der Waals surface area (Å²) in [5, 5.41) is 7.79. The lowest BCUT2D eigenvalue weighted by atomic mass is 10.1. The molecule has 2 aromatic rings. The molecule has 25 heavy (non-hydrogen) atoms. The predicted molar refractivity (Wildman–Crippen MR) is 101 cm³/mol. The van der Waals surface area contributed by atoms with Gasteiger partial charge in [-0.1, -0.05) is 48.5 Å². The minimum atomic E-state index is 0.169. The Labute approximate surface area is 153 Å². The van der Waals surface area contributed by atoms with Crippen molar-refractivity contribution in [1.29, 1.82) is 0 Å². The number of benzene rings is 1. The molecule has 1 N–H and O–H groups in total. The first kappa shape index (κ1) is 17.9. The normalized spacial score (nSPS) is 15.5. The number of carbonyl (C=O) groups is 1. The Morgan fingerprint density at radius 2 is 1.92 bits per heavy atom. The van der Waals surface area contributed by atoms with Gasteiger partial charge in [0.15, 0.2) is 5.82 Å². The molecule has 0 radical (unpaired) electrons. The summed E-state index contributed by atoms with van der Waals surface area (Å²) in [6.45, 7) is 8.96. The number of aryl methyl sites for hydroxylation is 1. The topological polar surface area (TPSA) is 65.1 Å². The van der Waals surface area contributed by atoms with E-state index in [-0.39, 0.29) is 5.91 Å². The van der Waals surface area contributed by atoms with Gasteiger partial charge in [-0.25, -0.2) is 4.98 Å². The number of amides is 1. The molecule has 134 valence electrons. The molecule has 1 amide bonds. The SMILES string of the molecule is CCCN1CCN(C(=O)CSc2n[nH]c(-c3ccc(C)cc3)n2)CC1. The second kappa shape index (κ2) is 8.49. The fourth-order valence-electron chi connectivity index (χ4n) is 2.91. The third-order valence-electron chi connectivity index (χ3n) is 4.38. The average Bonchev–Trinajstić information content (AvgIpc) is 3.10. The Balaban J connectivity index is 1.49. The highest BCUT2D eigenvalue weighted by Crippen LogP contribution is 2.20. The van der Waals surface area contributed by atoms with Crippen molar-refractivity contribution in [2.45, 2.75) is 25.4 Å². The van der Waals surface area contributed by atoms with Crippen LogP contribution in [0.5, 0.6) is 0 Å². The maximum absolute atomic E-state index is 12.4. The van der Waals surface area contributed by atoms with E-state index in [1.165, 1.54) is 17.3 Å². The molecular weight excluding hydrogens is 334 g/mol. The number of hydrogen-bond acceptors (Lipinski definition) is 5. The van der Waals surface area contributed by atoms with Crippen LogP contribution >= 0.6 is 11.8 Å². The first-order valence-electron chi connectivity index (χ1n) is 8.78. The Kier molecular flexibility index (Phi) is 6.09. The Bertz CT molecular complexity index is 692. The van der Waals surface area contributed by atoms with Crippen LogP contribution in [0.25, 0.3) is 11.4 Å². The molecule has 1 fully saturated rings. The molecule has 0 saturated carbocycles. The maximum Gasteiger partial charge on any atom is 0.233 e. The van der Waals surface area contributed by atoms with Gasteiger partial charge in [-0.3, -0.25) is 14.8 Å². The summed E-state index contributed by atoms with van der Waals surface area (Å²) >= 11 is 1.39. The second-order valence-electron chi connectivity index (χ2n) is 6.34. The fraction of sp³-hybridized carbons (Fsp3) is 0.500. The third kappa shape index (κ3) is 4.83. The first-order chi connectivity index (χ1) is 12.2. The molecule has 7 heteroatoms. The largest absolute Gasteiger partial charge is 0.339 e. The number of thioether (sulfide) groups is 1. The molecule has 1 aliphatic heterocycles. The van der Waals surface area contributed by atoms with E-state index in [9.17, 15) is 4.79 Å². The lowest BCUT2D eigenvalue weighted by molar-refractivity contribution is -0.130. The molecule has 0 atom stereocenters. The van der Waals surface area contributed by atoms with Crippen LogP contribution in [0.3, 0.4) is 0 Å². The van der Waals surface area contributed by atoms with E-state index in [4.69, 9.17) is 0 Å². The molecule has 0 aliphatic carbocycles. The number of H-pyrrole nitrogens is 1. The van der Waals surface area contributed by atoms with Crippen molar-refractivity contribution >= 4 is 17.7 Å². The maximum atomic E-state index is 12.4. The van der Waals surface area contributed by atoms with Crippen molar-refractivity contribution in [3.05, 3.63) is 29.8 Å². The number of nitrogens with one attached hydrogen (secondary N) is 1. The molecule has 0 unspecified atom stereocenters. The van der Waals surface area contributed by atoms with E-state index in [1.54, 1.807) is 0 Å². The monoisotopic (exact) mass is 359 g/mol. The summed E-state index contributed by atoms with van der Waals surface area (Å²) in [6, 6.07) is 8.13. The van der Waals surface area contributed by atoms with Crippen LogP contribution in [0.1, 0.15) is 18.9 Å². The van der Waals surface area contributed by atoms with Crippen LogP contribution in [-0.2, 0) is 4.79 Å². The molecule has 1 saturated heterocycles. The van der Waals surface area contributed by atoms with Gasteiger partial charge in [-0.15, -0.1) is 5.10 Å². The molecule has 1 aromatic carbocycles. The Morgan fingerprint density at radius 1 is 1.20 bits per heavy atom. The van der Waals surface area contributed by atoms with Gasteiger partial charge in [0.2, 0.25) is 11.1 Å². The van der Waals surface area contributed by atoms with E-state index in [2.05, 4.69) is 33.9 Å². The third-order valence-corrected chi connectivity index (χ3v) is 5.21. The smallest absolute Gasteiger partial charge is 0.233 e. The van der Waals surface area contributed by atoms with Gasteiger partial charge in [0, 0.05) is 31.7 Å². The van der Waals surface area contributed by atoms with E-state index in [1.807, 2.05) is 29.2 Å². The fourth-order valence-corrected chi connectivity index (χ4v) is 3.61. The second-order valence-corrected chi connectivity index (χ2v) is 7.29. The zero-order valence-corrected chi connectivity index (χ0v) is 15.7. The summed E-state index contributed by atoms with van der Waals surface area (Å²) in [4.78, 5) is 21.2. The lowest BCUT2D eigenvalue weighted by Crippen LogP contribution is -2.49. The standard InChI is InChI=1S/C18H25N5OS/c1-3-8-22-9-11-23(12-10-22)16(24)13-25-18-19-17(20-21-18)15-6-4-14(2)5-7-15/h4-7H,3,8-13H2,1-2H3,(H,19,20,21). The van der Waals surface area contributed by atoms with Crippen molar-refractivity contribution in [1.82, 2.24) is 25.0 Å². The van der Waals surface area contributed by atoms with Gasteiger partial charge in [0.05, 0.1) is 5.75 Å². The van der Waals surface area contributed by atoms with Gasteiger partial charge >= 0.3 is 0 Å². The first-order valence-corrected chi connectivity index (χ1v) is 9.76. The molecule has 6 nitrogen and oxygen atoms in total. The lowest BCUT2D eigenvalue weighted by Gasteiger charge is -2.34. The zero-order valence-electron chi connectivity index (χ0n) is 14.9. The highest BCUT2D eigenvalue weighted by Gasteiger charge is 2.21. The number of piperazine rings is 1. The summed E-state index contributed by atoms with van der Waals surface area (Å²) in [6.07, 6.45) is 1.16. The summed E-state index contributed by atoms with van der Waals surface area (Å²) in [7, 11) is 0. The van der Waals surface area contributed by atoms with Crippen LogP contribution in [0.15, 0.2) is 29.4 Å². The number of carbonyl (C=O) groups excluding carboxylic acids is 1. The highest BCUT2D eigenvalue weighted by atomic mass is 32.2. The zero-order chi connectivity index (χ0) is 17.6. The van der Waals surface area contributed by atoms with Crippen LogP contribution in [0.2, 0.25) is 0 Å². The Morgan fingerprint density at radius 3 is 2.60 bits per heavy atom. The van der Waals surface area contributed by atoms with Gasteiger partial charge in [0.25, 0.3) is 0 Å². The number of rotatable bonds is 6. The van der Waals surface area contributed by atoms with Crippen molar-refractivity contribution in [3.8, 4) is 11.4 Å². The van der Waals surface area contributed by atoms with E-state index < -0.39 is 0 Å². The summed E-state index contributed by atoms with van der Waals surface area (Å²) in [5.41, 5.74) is 2.21. The van der Waals surface area contributed by atoms with Crippen molar-refractivity contribution in [2.24, 2.45) is 0 Å². The Hall–Kier alpha value is -1.86. The van der Waals surface area contributed by atoms with Crippen molar-refractivity contribution in [3.63, 3.8) is 0 Å². The van der Waals surface area contributed by atoms with Crippen LogP contribution in [-0.4, -0.2) is 69.4 Å². The van der Waals surface area contributed by atoms with E-state index in [0.717, 1.165) is 50.5 Å². The number of nitrogens with zero attached hydrogens (tertiary/aromatic N) is 4. The van der Waals surface area contributed by atoms with E-state index in [0.29, 0.717) is 10.9 Å². The minimum absolute atomic E-state index is 0.169. The van der Waals surface area contributed by atoms with Gasteiger partial charge in [0.1, 0.15) is 0 Å². The number of aromatic amines is 1. The van der Waals surface area contributed by atoms with Crippen LogP contribution in [0, 0.1) is 6.92 Å². The van der Waals surface area contributed by atoms with Crippen LogP contribution in [0.4, 0.5) is 0 Å². The predicted octanol–water partition coefficient (Wildman–Crippen LogP) is 2.43. The number of aromatic nitrogens is 3. The molecule has 3 rings (SSSR count). The van der Waals surface area contributed by atoms with Crippen LogP contribution < -0.4 is 0 Å². The summed E-state index contributed by atoms with van der Waals surface area (Å²) in [5.74, 6) is 1.30. The van der Waals surface area contributed by atoms with Gasteiger partial charge < -0.3 is 4.90 Å². The average molecular weight is 359 g/mol. The van der Waals surface area contributed by atoms with Gasteiger partial charge in [-0.05, 0) is 19.9 Å². The molecule has 1 aromatic heterocycles.